The maximum absolute atomic E-state index is 9.78. The molecule has 1 aliphatic rings. The van der Waals surface area contributed by atoms with Crippen molar-refractivity contribution in [1.29, 1.82) is 0 Å². The average molecular weight is 263 g/mol. The van der Waals surface area contributed by atoms with Crippen molar-refractivity contribution in [3.05, 3.63) is 24.0 Å². The normalized spacial score (nSPS) is 23.2. The third kappa shape index (κ3) is 3.45. The predicted molar refractivity (Wildman–Crippen MR) is 78.4 cm³/mol. The number of aliphatic hydroxyl groups is 1. The standard InChI is InChI=1S/C15H25N3O/c1-4-15(19)14-7-6-13(10-16-14)18-9-5-8-17(3)11-12(18)2/h6-7,10,12,15,19H,4-5,8-9,11H2,1-3H3/t12?,15-/m1/s1. The molecule has 0 amide bonds. The molecular formula is C15H25N3O. The van der Waals surface area contributed by atoms with Crippen molar-refractivity contribution in [2.24, 2.45) is 0 Å². The molecular weight excluding hydrogens is 238 g/mol. The number of nitrogens with zero attached hydrogens (tertiary/aromatic N) is 3. The van der Waals surface area contributed by atoms with Crippen LogP contribution in [-0.4, -0.2) is 47.7 Å². The smallest absolute Gasteiger partial charge is 0.0957 e. The van der Waals surface area contributed by atoms with Crippen molar-refractivity contribution >= 4 is 5.69 Å². The summed E-state index contributed by atoms with van der Waals surface area (Å²) in [5.74, 6) is 0. The highest BCUT2D eigenvalue weighted by Gasteiger charge is 2.20. The highest BCUT2D eigenvalue weighted by Crippen LogP contribution is 2.21. The predicted octanol–water partition coefficient (Wildman–Crippen LogP) is 2.06. The summed E-state index contributed by atoms with van der Waals surface area (Å²) in [7, 11) is 2.18. The summed E-state index contributed by atoms with van der Waals surface area (Å²) >= 11 is 0. The summed E-state index contributed by atoms with van der Waals surface area (Å²) < 4.78 is 0. The summed E-state index contributed by atoms with van der Waals surface area (Å²) in [5, 5.41) is 9.78. The molecule has 1 unspecified atom stereocenters. The molecule has 0 spiro atoms. The van der Waals surface area contributed by atoms with Crippen molar-refractivity contribution in [3.63, 3.8) is 0 Å². The Bertz CT molecular complexity index is 393. The summed E-state index contributed by atoms with van der Waals surface area (Å²) in [4.78, 5) is 9.20. The van der Waals surface area contributed by atoms with Crippen LogP contribution in [0.25, 0.3) is 0 Å². The van der Waals surface area contributed by atoms with E-state index in [1.54, 1.807) is 0 Å². The van der Waals surface area contributed by atoms with Crippen LogP contribution in [0, 0.1) is 0 Å². The minimum absolute atomic E-state index is 0.443. The Morgan fingerprint density at radius 2 is 2.21 bits per heavy atom. The van der Waals surface area contributed by atoms with Gasteiger partial charge in [0, 0.05) is 19.1 Å². The Kier molecular flexibility index (Phi) is 4.77. The van der Waals surface area contributed by atoms with Crippen LogP contribution in [0.15, 0.2) is 18.3 Å². The number of aliphatic hydroxyl groups excluding tert-OH is 1. The molecule has 1 fully saturated rings. The maximum Gasteiger partial charge on any atom is 0.0957 e. The third-order valence-electron chi connectivity index (χ3n) is 3.88. The van der Waals surface area contributed by atoms with Gasteiger partial charge >= 0.3 is 0 Å². The Hall–Kier alpha value is -1.13. The second-order valence-electron chi connectivity index (χ2n) is 5.52. The van der Waals surface area contributed by atoms with E-state index in [1.807, 2.05) is 19.2 Å². The molecule has 19 heavy (non-hydrogen) atoms. The fraction of sp³-hybridized carbons (Fsp3) is 0.667. The van der Waals surface area contributed by atoms with E-state index in [0.29, 0.717) is 12.5 Å². The van der Waals surface area contributed by atoms with Gasteiger partial charge in [0.25, 0.3) is 0 Å². The molecule has 1 aromatic heterocycles. The van der Waals surface area contributed by atoms with Gasteiger partial charge in [-0.2, -0.15) is 0 Å². The first-order valence-electron chi connectivity index (χ1n) is 7.21. The number of pyridine rings is 1. The number of aromatic nitrogens is 1. The lowest BCUT2D eigenvalue weighted by Crippen LogP contribution is -2.38. The number of hydrogen-bond donors (Lipinski definition) is 1. The van der Waals surface area contributed by atoms with E-state index in [4.69, 9.17) is 0 Å². The van der Waals surface area contributed by atoms with Crippen molar-refractivity contribution in [3.8, 4) is 0 Å². The third-order valence-corrected chi connectivity index (χ3v) is 3.88. The first-order valence-corrected chi connectivity index (χ1v) is 7.21. The molecule has 1 aromatic rings. The Morgan fingerprint density at radius 3 is 2.84 bits per heavy atom. The Morgan fingerprint density at radius 1 is 1.42 bits per heavy atom. The maximum atomic E-state index is 9.78. The number of rotatable bonds is 3. The fourth-order valence-electron chi connectivity index (χ4n) is 2.73. The van der Waals surface area contributed by atoms with Crippen molar-refractivity contribution in [2.75, 3.05) is 31.6 Å². The molecule has 0 aliphatic carbocycles. The number of likely N-dealkylation sites (N-methyl/N-ethyl adjacent to an activating group) is 1. The Labute approximate surface area is 116 Å². The molecule has 2 heterocycles. The molecule has 0 radical (unpaired) electrons. The average Bonchev–Trinajstić information content (AvgIpc) is 2.58. The number of anilines is 1. The van der Waals surface area contributed by atoms with E-state index in [2.05, 4.69) is 34.8 Å². The summed E-state index contributed by atoms with van der Waals surface area (Å²) in [6.07, 6.45) is 3.34. The van der Waals surface area contributed by atoms with Crippen molar-refractivity contribution < 1.29 is 5.11 Å². The van der Waals surface area contributed by atoms with Gasteiger partial charge < -0.3 is 14.9 Å². The van der Waals surface area contributed by atoms with Gasteiger partial charge in [-0.1, -0.05) is 6.92 Å². The lowest BCUT2D eigenvalue weighted by molar-refractivity contribution is 0.169. The highest BCUT2D eigenvalue weighted by molar-refractivity contribution is 5.46. The van der Waals surface area contributed by atoms with E-state index in [0.717, 1.165) is 31.0 Å². The molecule has 4 nitrogen and oxygen atoms in total. The Balaban J connectivity index is 2.12. The molecule has 0 aromatic carbocycles. The monoisotopic (exact) mass is 263 g/mol. The SMILES string of the molecule is CC[C@@H](O)c1ccc(N2CCCN(C)CC2C)cn1. The number of hydrogen-bond acceptors (Lipinski definition) is 4. The van der Waals surface area contributed by atoms with Crippen LogP contribution >= 0.6 is 0 Å². The first kappa shape index (κ1) is 14.3. The van der Waals surface area contributed by atoms with Crippen LogP contribution in [0.4, 0.5) is 5.69 Å². The minimum Gasteiger partial charge on any atom is -0.387 e. The zero-order valence-electron chi connectivity index (χ0n) is 12.2. The highest BCUT2D eigenvalue weighted by atomic mass is 16.3. The van der Waals surface area contributed by atoms with Crippen LogP contribution in [0.2, 0.25) is 0 Å². The van der Waals surface area contributed by atoms with Crippen LogP contribution in [0.5, 0.6) is 0 Å². The molecule has 2 rings (SSSR count). The summed E-state index contributed by atoms with van der Waals surface area (Å²) in [6, 6.07) is 4.53. The van der Waals surface area contributed by atoms with E-state index in [-0.39, 0.29) is 0 Å². The van der Waals surface area contributed by atoms with E-state index >= 15 is 0 Å². The molecule has 2 atom stereocenters. The molecule has 106 valence electrons. The second kappa shape index (κ2) is 6.35. The molecule has 0 bridgehead atoms. The van der Waals surface area contributed by atoms with Crippen molar-refractivity contribution in [1.82, 2.24) is 9.88 Å². The van der Waals surface area contributed by atoms with Gasteiger partial charge in [0.1, 0.15) is 0 Å². The molecule has 1 N–H and O–H groups in total. The fourth-order valence-corrected chi connectivity index (χ4v) is 2.73. The minimum atomic E-state index is -0.443. The summed E-state index contributed by atoms with van der Waals surface area (Å²) in [6.45, 7) is 7.53. The summed E-state index contributed by atoms with van der Waals surface area (Å²) in [5.41, 5.74) is 1.93. The van der Waals surface area contributed by atoms with E-state index in [1.165, 1.54) is 6.42 Å². The van der Waals surface area contributed by atoms with Gasteiger partial charge in [-0.05, 0) is 45.5 Å². The quantitative estimate of drug-likeness (QED) is 0.906. The molecule has 0 saturated carbocycles. The van der Waals surface area contributed by atoms with E-state index < -0.39 is 6.10 Å². The topological polar surface area (TPSA) is 39.6 Å². The van der Waals surface area contributed by atoms with E-state index in [9.17, 15) is 5.11 Å². The second-order valence-corrected chi connectivity index (χ2v) is 5.52. The first-order chi connectivity index (χ1) is 9.11. The van der Waals surface area contributed by atoms with Crippen molar-refractivity contribution in [2.45, 2.75) is 38.8 Å². The van der Waals surface area contributed by atoms with Gasteiger partial charge in [-0.3, -0.25) is 4.98 Å². The molecule has 1 aliphatic heterocycles. The van der Waals surface area contributed by atoms with Crippen LogP contribution in [-0.2, 0) is 0 Å². The van der Waals surface area contributed by atoms with Gasteiger partial charge in [0.05, 0.1) is 23.7 Å². The lowest BCUT2D eigenvalue weighted by Gasteiger charge is -2.30. The van der Waals surface area contributed by atoms with Crippen LogP contribution in [0.3, 0.4) is 0 Å². The van der Waals surface area contributed by atoms with Crippen LogP contribution < -0.4 is 4.90 Å². The largest absolute Gasteiger partial charge is 0.387 e. The van der Waals surface area contributed by atoms with Gasteiger partial charge in [0.2, 0.25) is 0 Å². The van der Waals surface area contributed by atoms with Gasteiger partial charge in [-0.15, -0.1) is 0 Å². The molecule has 1 saturated heterocycles. The van der Waals surface area contributed by atoms with Crippen LogP contribution in [0.1, 0.15) is 38.5 Å². The zero-order chi connectivity index (χ0) is 13.8. The van der Waals surface area contributed by atoms with Gasteiger partial charge in [0.15, 0.2) is 0 Å². The molecule has 4 heteroatoms. The lowest BCUT2D eigenvalue weighted by atomic mass is 10.1. The zero-order valence-corrected chi connectivity index (χ0v) is 12.2. The van der Waals surface area contributed by atoms with Gasteiger partial charge in [-0.25, -0.2) is 0 Å².